The van der Waals surface area contributed by atoms with Crippen LogP contribution in [0.15, 0.2) is 46.8 Å². The van der Waals surface area contributed by atoms with Crippen LogP contribution >= 0.6 is 11.3 Å². The molecule has 0 aliphatic rings. The van der Waals surface area contributed by atoms with E-state index in [9.17, 15) is 8.42 Å². The van der Waals surface area contributed by atoms with Gasteiger partial charge in [-0.1, -0.05) is 38.1 Å². The third-order valence-electron chi connectivity index (χ3n) is 3.87. The molecule has 6 nitrogen and oxygen atoms in total. The largest absolute Gasteiger partial charge is 0.356 e. The number of aliphatic imine (C=N–C) groups is 1. The van der Waals surface area contributed by atoms with E-state index in [1.807, 2.05) is 12.1 Å². The summed E-state index contributed by atoms with van der Waals surface area (Å²) in [5.41, 5.74) is 1.40. The number of thiophene rings is 1. The fourth-order valence-electron chi connectivity index (χ4n) is 2.43. The fraction of sp³-hybridized carbons (Fsp3) is 0.389. The first-order valence-corrected chi connectivity index (χ1v) is 11.0. The number of nitrogens with zero attached hydrogens (tertiary/aromatic N) is 1. The van der Waals surface area contributed by atoms with Gasteiger partial charge in [0.05, 0.1) is 11.9 Å². The molecule has 8 heteroatoms. The Hall–Kier alpha value is -2.06. The number of para-hydroxylation sites is 1. The second-order valence-electron chi connectivity index (χ2n) is 6.67. The summed E-state index contributed by atoms with van der Waals surface area (Å²) in [6.07, 6.45) is 1.14. The van der Waals surface area contributed by atoms with E-state index in [-0.39, 0.29) is 5.41 Å². The highest BCUT2D eigenvalue weighted by Crippen LogP contribution is 2.26. The van der Waals surface area contributed by atoms with Crippen LogP contribution in [0.4, 0.5) is 5.69 Å². The highest BCUT2D eigenvalue weighted by Gasteiger charge is 2.22. The zero-order valence-corrected chi connectivity index (χ0v) is 17.2. The molecular weight excluding hydrogens is 368 g/mol. The second-order valence-corrected chi connectivity index (χ2v) is 9.37. The fourth-order valence-corrected chi connectivity index (χ4v) is 3.88. The minimum atomic E-state index is -3.32. The molecule has 0 unspecified atom stereocenters. The number of anilines is 1. The van der Waals surface area contributed by atoms with E-state index in [1.165, 1.54) is 4.88 Å². The molecule has 0 amide bonds. The van der Waals surface area contributed by atoms with Crippen molar-refractivity contribution in [2.75, 3.05) is 24.6 Å². The highest BCUT2D eigenvalue weighted by molar-refractivity contribution is 7.92. The lowest BCUT2D eigenvalue weighted by atomic mass is 9.91. The summed E-state index contributed by atoms with van der Waals surface area (Å²) in [5, 5.41) is 8.66. The minimum absolute atomic E-state index is 0.0124. The molecule has 0 bridgehead atoms. The average molecular weight is 395 g/mol. The molecule has 2 aromatic rings. The Morgan fingerprint density at radius 3 is 2.50 bits per heavy atom. The minimum Gasteiger partial charge on any atom is -0.356 e. The van der Waals surface area contributed by atoms with E-state index >= 15 is 0 Å². The first-order valence-electron chi connectivity index (χ1n) is 8.25. The molecule has 2 rings (SSSR count). The lowest BCUT2D eigenvalue weighted by Gasteiger charge is -2.25. The van der Waals surface area contributed by atoms with Gasteiger partial charge in [-0.05, 0) is 23.1 Å². The van der Waals surface area contributed by atoms with Crippen molar-refractivity contribution in [3.05, 3.63) is 52.2 Å². The maximum absolute atomic E-state index is 11.5. The van der Waals surface area contributed by atoms with Gasteiger partial charge in [-0.3, -0.25) is 9.71 Å². The molecule has 0 saturated carbocycles. The van der Waals surface area contributed by atoms with Crippen molar-refractivity contribution < 1.29 is 8.42 Å². The molecule has 3 N–H and O–H groups in total. The summed E-state index contributed by atoms with van der Waals surface area (Å²) >= 11 is 1.74. The Kier molecular flexibility index (Phi) is 6.66. The lowest BCUT2D eigenvalue weighted by Crippen LogP contribution is -2.43. The number of nitrogens with one attached hydrogen (secondary N) is 3. The Morgan fingerprint density at radius 2 is 1.88 bits per heavy atom. The molecule has 142 valence electrons. The van der Waals surface area contributed by atoms with Crippen molar-refractivity contribution in [3.63, 3.8) is 0 Å². The number of rotatable bonds is 7. The molecule has 0 atom stereocenters. The molecule has 0 radical (unpaired) electrons. The van der Waals surface area contributed by atoms with Gasteiger partial charge in [-0.15, -0.1) is 11.3 Å². The summed E-state index contributed by atoms with van der Waals surface area (Å²) in [6, 6.07) is 11.5. The average Bonchev–Trinajstić information content (AvgIpc) is 3.10. The van der Waals surface area contributed by atoms with Crippen LogP contribution in [0.5, 0.6) is 0 Å². The second kappa shape index (κ2) is 8.55. The van der Waals surface area contributed by atoms with Gasteiger partial charge >= 0.3 is 0 Å². The summed E-state index contributed by atoms with van der Waals surface area (Å²) in [4.78, 5) is 5.56. The van der Waals surface area contributed by atoms with Crippen LogP contribution in [0.25, 0.3) is 0 Å². The van der Waals surface area contributed by atoms with Gasteiger partial charge in [0, 0.05) is 30.4 Å². The zero-order valence-electron chi connectivity index (χ0n) is 15.5. The van der Waals surface area contributed by atoms with Crippen molar-refractivity contribution in [1.29, 1.82) is 0 Å². The van der Waals surface area contributed by atoms with Gasteiger partial charge in [-0.25, -0.2) is 8.42 Å². The predicted octanol–water partition coefficient (Wildman–Crippen LogP) is 2.76. The van der Waals surface area contributed by atoms with Gasteiger partial charge < -0.3 is 10.6 Å². The number of hydrogen-bond acceptors (Lipinski definition) is 4. The Morgan fingerprint density at radius 1 is 1.15 bits per heavy atom. The van der Waals surface area contributed by atoms with Crippen molar-refractivity contribution >= 4 is 33.0 Å². The molecule has 0 saturated heterocycles. The van der Waals surface area contributed by atoms with Crippen LogP contribution in [-0.4, -0.2) is 34.2 Å². The summed E-state index contributed by atoms with van der Waals surface area (Å²) in [6.45, 7) is 5.56. The Bertz CT molecular complexity index is 844. The maximum atomic E-state index is 11.5. The van der Waals surface area contributed by atoms with Crippen LogP contribution in [0.2, 0.25) is 0 Å². The molecule has 0 aliphatic carbocycles. The predicted molar refractivity (Wildman–Crippen MR) is 110 cm³/mol. The Labute approximate surface area is 159 Å². The van der Waals surface area contributed by atoms with Gasteiger partial charge in [-0.2, -0.15) is 0 Å². The summed E-state index contributed by atoms with van der Waals surface area (Å²) < 4.78 is 25.6. The van der Waals surface area contributed by atoms with E-state index in [1.54, 1.807) is 30.5 Å². The van der Waals surface area contributed by atoms with Gasteiger partial charge in [0.15, 0.2) is 5.96 Å². The monoisotopic (exact) mass is 394 g/mol. The number of benzene rings is 1. The van der Waals surface area contributed by atoms with Crippen LogP contribution in [-0.2, 0) is 22.0 Å². The molecule has 26 heavy (non-hydrogen) atoms. The van der Waals surface area contributed by atoms with E-state index < -0.39 is 10.0 Å². The Balaban J connectivity index is 1.98. The van der Waals surface area contributed by atoms with E-state index in [2.05, 4.69) is 51.7 Å². The smallest absolute Gasteiger partial charge is 0.229 e. The first-order chi connectivity index (χ1) is 12.2. The van der Waals surface area contributed by atoms with Crippen LogP contribution < -0.4 is 15.4 Å². The van der Waals surface area contributed by atoms with Crippen molar-refractivity contribution in [3.8, 4) is 0 Å². The SMILES string of the molecule is CN=C(NCc1ccccc1NS(C)(=O)=O)NCC(C)(C)c1cccs1. The maximum Gasteiger partial charge on any atom is 0.229 e. The van der Waals surface area contributed by atoms with Gasteiger partial charge in [0.25, 0.3) is 0 Å². The number of sulfonamides is 1. The molecular formula is C18H26N4O2S2. The number of guanidine groups is 1. The van der Waals surface area contributed by atoms with Gasteiger partial charge in [0.2, 0.25) is 10.0 Å². The lowest BCUT2D eigenvalue weighted by molar-refractivity contribution is 0.518. The van der Waals surface area contributed by atoms with Crippen LogP contribution in [0.3, 0.4) is 0 Å². The summed E-state index contributed by atoms with van der Waals surface area (Å²) in [7, 11) is -1.60. The quantitative estimate of drug-likeness (QED) is 0.498. The van der Waals surface area contributed by atoms with Crippen molar-refractivity contribution in [1.82, 2.24) is 10.6 Å². The molecule has 1 aromatic heterocycles. The van der Waals surface area contributed by atoms with Crippen LogP contribution in [0, 0.1) is 0 Å². The van der Waals surface area contributed by atoms with Crippen LogP contribution in [0.1, 0.15) is 24.3 Å². The third kappa shape index (κ3) is 6.03. The molecule has 1 aromatic carbocycles. The summed E-state index contributed by atoms with van der Waals surface area (Å²) in [5.74, 6) is 0.670. The van der Waals surface area contributed by atoms with Crippen molar-refractivity contribution in [2.45, 2.75) is 25.8 Å². The molecule has 0 aliphatic heterocycles. The third-order valence-corrected chi connectivity index (χ3v) is 5.70. The van der Waals surface area contributed by atoms with E-state index in [0.29, 0.717) is 18.2 Å². The standard InChI is InChI=1S/C18H26N4O2S2/c1-18(2,16-10-7-11-25-16)13-21-17(19-3)20-12-14-8-5-6-9-15(14)22-26(4,23)24/h5-11,22H,12-13H2,1-4H3,(H2,19,20,21). The molecule has 0 fully saturated rings. The zero-order chi connectivity index (χ0) is 19.2. The molecule has 0 spiro atoms. The number of hydrogen-bond donors (Lipinski definition) is 3. The highest BCUT2D eigenvalue weighted by atomic mass is 32.2. The van der Waals surface area contributed by atoms with Gasteiger partial charge in [0.1, 0.15) is 0 Å². The van der Waals surface area contributed by atoms with E-state index in [4.69, 9.17) is 0 Å². The van der Waals surface area contributed by atoms with Crippen molar-refractivity contribution in [2.24, 2.45) is 4.99 Å². The molecule has 1 heterocycles. The van der Waals surface area contributed by atoms with E-state index in [0.717, 1.165) is 18.4 Å². The first kappa shape index (κ1) is 20.3. The topological polar surface area (TPSA) is 82.6 Å². The normalized spacial score (nSPS) is 12.7.